The summed E-state index contributed by atoms with van der Waals surface area (Å²) in [6.45, 7) is 3.34. The molecule has 2 rings (SSSR count). The number of hydrazine groups is 1. The first-order chi connectivity index (χ1) is 8.85. The van der Waals surface area contributed by atoms with E-state index in [2.05, 4.69) is 47.9 Å². The Morgan fingerprint density at radius 2 is 1.94 bits per heavy atom. The van der Waals surface area contributed by atoms with Crippen LogP contribution in [-0.4, -0.2) is 19.3 Å². The Labute approximate surface area is 108 Å². The van der Waals surface area contributed by atoms with E-state index in [0.29, 0.717) is 13.2 Å². The average Bonchev–Trinajstić information content (AvgIpc) is 2.43. The topological polar surface area (TPSA) is 47.3 Å². The average molecular weight is 244 g/mol. The third-order valence-electron chi connectivity index (χ3n) is 3.11. The molecule has 0 radical (unpaired) electrons. The van der Waals surface area contributed by atoms with Crippen LogP contribution in [0.25, 0.3) is 10.8 Å². The summed E-state index contributed by atoms with van der Waals surface area (Å²) in [6.07, 6.45) is 0.873. The highest BCUT2D eigenvalue weighted by Gasteiger charge is 2.09. The molecule has 0 fully saturated rings. The number of hydrogen-bond acceptors (Lipinski definition) is 3. The van der Waals surface area contributed by atoms with Crippen molar-refractivity contribution >= 4 is 10.8 Å². The van der Waals surface area contributed by atoms with Crippen molar-refractivity contribution in [2.24, 2.45) is 5.84 Å². The van der Waals surface area contributed by atoms with Crippen LogP contribution in [0.15, 0.2) is 42.5 Å². The van der Waals surface area contributed by atoms with Crippen molar-refractivity contribution in [2.45, 2.75) is 19.4 Å². The van der Waals surface area contributed by atoms with Crippen molar-refractivity contribution < 1.29 is 4.74 Å². The first-order valence-electron chi connectivity index (χ1n) is 6.35. The van der Waals surface area contributed by atoms with E-state index in [4.69, 9.17) is 10.6 Å². The molecular formula is C15H20N2O. The second-order valence-corrected chi connectivity index (χ2v) is 4.37. The van der Waals surface area contributed by atoms with Gasteiger partial charge in [-0.25, -0.2) is 0 Å². The molecule has 3 nitrogen and oxygen atoms in total. The number of benzene rings is 2. The van der Waals surface area contributed by atoms with Gasteiger partial charge in [0.15, 0.2) is 0 Å². The molecule has 0 aliphatic rings. The van der Waals surface area contributed by atoms with Crippen LogP contribution >= 0.6 is 0 Å². The lowest BCUT2D eigenvalue weighted by molar-refractivity contribution is 0.123. The molecule has 0 bridgehead atoms. The fraction of sp³-hybridized carbons (Fsp3) is 0.333. The summed E-state index contributed by atoms with van der Waals surface area (Å²) in [4.78, 5) is 0. The number of ether oxygens (including phenoxy) is 1. The summed E-state index contributed by atoms with van der Waals surface area (Å²) < 4.78 is 5.43. The van der Waals surface area contributed by atoms with Gasteiger partial charge < -0.3 is 4.74 Å². The Morgan fingerprint density at radius 3 is 2.72 bits per heavy atom. The third kappa shape index (κ3) is 3.07. The Hall–Kier alpha value is -1.42. The van der Waals surface area contributed by atoms with Crippen LogP contribution in [0.1, 0.15) is 12.5 Å². The normalized spacial score (nSPS) is 12.8. The minimum atomic E-state index is 0.149. The predicted octanol–water partition coefficient (Wildman–Crippen LogP) is 2.25. The second kappa shape index (κ2) is 6.50. The maximum atomic E-state index is 5.58. The Morgan fingerprint density at radius 1 is 1.17 bits per heavy atom. The standard InChI is InChI=1S/C15H20N2O/c1-2-18-11-14(17-16)10-13-8-5-7-12-6-3-4-9-15(12)13/h3-9,14,17H,2,10-11,16H2,1H3. The van der Waals surface area contributed by atoms with Crippen LogP contribution in [-0.2, 0) is 11.2 Å². The van der Waals surface area contributed by atoms with Gasteiger partial charge in [0.2, 0.25) is 0 Å². The monoisotopic (exact) mass is 244 g/mol. The minimum absolute atomic E-state index is 0.149. The molecule has 3 N–H and O–H groups in total. The van der Waals surface area contributed by atoms with Gasteiger partial charge in [-0.05, 0) is 29.7 Å². The van der Waals surface area contributed by atoms with Gasteiger partial charge in [0.1, 0.15) is 0 Å². The van der Waals surface area contributed by atoms with Gasteiger partial charge in [-0.1, -0.05) is 42.5 Å². The smallest absolute Gasteiger partial charge is 0.0636 e. The summed E-state index contributed by atoms with van der Waals surface area (Å²) in [5.41, 5.74) is 4.13. The fourth-order valence-electron chi connectivity index (χ4n) is 2.16. The van der Waals surface area contributed by atoms with E-state index < -0.39 is 0 Å². The van der Waals surface area contributed by atoms with E-state index in [1.165, 1.54) is 16.3 Å². The van der Waals surface area contributed by atoms with Crippen LogP contribution in [0.4, 0.5) is 0 Å². The van der Waals surface area contributed by atoms with E-state index in [0.717, 1.165) is 6.42 Å². The Bertz CT molecular complexity index is 493. The molecule has 18 heavy (non-hydrogen) atoms. The zero-order valence-electron chi connectivity index (χ0n) is 10.7. The second-order valence-electron chi connectivity index (χ2n) is 4.37. The zero-order chi connectivity index (χ0) is 12.8. The number of rotatable bonds is 6. The molecule has 0 heterocycles. The van der Waals surface area contributed by atoms with Crippen molar-refractivity contribution in [1.82, 2.24) is 5.43 Å². The first-order valence-corrected chi connectivity index (χ1v) is 6.35. The maximum absolute atomic E-state index is 5.58. The lowest BCUT2D eigenvalue weighted by atomic mass is 9.99. The van der Waals surface area contributed by atoms with Crippen molar-refractivity contribution in [2.75, 3.05) is 13.2 Å². The lowest BCUT2D eigenvalue weighted by Crippen LogP contribution is -2.40. The predicted molar refractivity (Wildman–Crippen MR) is 75.3 cm³/mol. The Kier molecular flexibility index (Phi) is 4.70. The highest BCUT2D eigenvalue weighted by molar-refractivity contribution is 5.85. The molecule has 1 atom stereocenters. The zero-order valence-corrected chi connectivity index (χ0v) is 10.7. The molecule has 0 saturated heterocycles. The SMILES string of the molecule is CCOCC(Cc1cccc2ccccc12)NN. The third-order valence-corrected chi connectivity index (χ3v) is 3.11. The van der Waals surface area contributed by atoms with E-state index in [1.807, 2.05) is 6.92 Å². The van der Waals surface area contributed by atoms with Crippen LogP contribution in [0.2, 0.25) is 0 Å². The summed E-state index contributed by atoms with van der Waals surface area (Å²) in [7, 11) is 0. The molecule has 2 aromatic rings. The highest BCUT2D eigenvalue weighted by atomic mass is 16.5. The van der Waals surface area contributed by atoms with Gasteiger partial charge in [0.05, 0.1) is 6.61 Å². The molecular weight excluding hydrogens is 224 g/mol. The molecule has 3 heteroatoms. The molecule has 2 aromatic carbocycles. The minimum Gasteiger partial charge on any atom is -0.380 e. The molecule has 0 aliphatic heterocycles. The van der Waals surface area contributed by atoms with Crippen LogP contribution in [0.5, 0.6) is 0 Å². The van der Waals surface area contributed by atoms with E-state index >= 15 is 0 Å². The summed E-state index contributed by atoms with van der Waals surface area (Å²) in [6, 6.07) is 14.9. The van der Waals surface area contributed by atoms with Crippen molar-refractivity contribution in [3.8, 4) is 0 Å². The summed E-state index contributed by atoms with van der Waals surface area (Å²) in [5.74, 6) is 5.58. The first kappa shape index (κ1) is 13.0. The van der Waals surface area contributed by atoms with Gasteiger partial charge in [-0.15, -0.1) is 0 Å². The summed E-state index contributed by atoms with van der Waals surface area (Å²) >= 11 is 0. The molecule has 96 valence electrons. The van der Waals surface area contributed by atoms with Gasteiger partial charge in [0.25, 0.3) is 0 Å². The Balaban J connectivity index is 2.19. The number of hydrogen-bond donors (Lipinski definition) is 2. The maximum Gasteiger partial charge on any atom is 0.0636 e. The molecule has 1 unspecified atom stereocenters. The molecule has 0 amide bonds. The van der Waals surface area contributed by atoms with Crippen LogP contribution in [0, 0.1) is 0 Å². The fourth-order valence-corrected chi connectivity index (χ4v) is 2.16. The van der Waals surface area contributed by atoms with E-state index in [1.54, 1.807) is 0 Å². The number of nitrogens with two attached hydrogens (primary N) is 1. The van der Waals surface area contributed by atoms with Crippen molar-refractivity contribution in [3.05, 3.63) is 48.0 Å². The van der Waals surface area contributed by atoms with Gasteiger partial charge in [-0.3, -0.25) is 11.3 Å². The molecule has 0 spiro atoms. The van der Waals surface area contributed by atoms with E-state index in [9.17, 15) is 0 Å². The van der Waals surface area contributed by atoms with Crippen LogP contribution < -0.4 is 11.3 Å². The van der Waals surface area contributed by atoms with Crippen LogP contribution in [0.3, 0.4) is 0 Å². The van der Waals surface area contributed by atoms with Gasteiger partial charge in [-0.2, -0.15) is 0 Å². The number of fused-ring (bicyclic) bond motifs is 1. The molecule has 0 aliphatic carbocycles. The number of nitrogens with one attached hydrogen (secondary N) is 1. The largest absolute Gasteiger partial charge is 0.380 e. The van der Waals surface area contributed by atoms with Gasteiger partial charge in [0, 0.05) is 12.6 Å². The molecule has 0 saturated carbocycles. The van der Waals surface area contributed by atoms with E-state index in [-0.39, 0.29) is 6.04 Å². The summed E-state index contributed by atoms with van der Waals surface area (Å²) in [5, 5.41) is 2.55. The highest BCUT2D eigenvalue weighted by Crippen LogP contribution is 2.19. The van der Waals surface area contributed by atoms with Gasteiger partial charge >= 0.3 is 0 Å². The van der Waals surface area contributed by atoms with Crippen molar-refractivity contribution in [1.29, 1.82) is 0 Å². The lowest BCUT2D eigenvalue weighted by Gasteiger charge is -2.16. The molecule has 0 aromatic heterocycles. The van der Waals surface area contributed by atoms with Crippen molar-refractivity contribution in [3.63, 3.8) is 0 Å². The quantitative estimate of drug-likeness (QED) is 0.605.